The van der Waals surface area contributed by atoms with E-state index in [0.29, 0.717) is 32.6 Å². The van der Waals surface area contributed by atoms with Crippen LogP contribution in [0.1, 0.15) is 16.8 Å². The van der Waals surface area contributed by atoms with Gasteiger partial charge in [-0.25, -0.2) is 5.10 Å². The van der Waals surface area contributed by atoms with E-state index in [2.05, 4.69) is 21.4 Å². The highest BCUT2D eigenvalue weighted by Crippen LogP contribution is 2.37. The molecule has 0 aliphatic carbocycles. The molecule has 7 nitrogen and oxygen atoms in total. The van der Waals surface area contributed by atoms with Gasteiger partial charge in [0, 0.05) is 35.1 Å². The van der Waals surface area contributed by atoms with Gasteiger partial charge in [0.05, 0.1) is 28.5 Å². The zero-order chi connectivity index (χ0) is 20.7. The summed E-state index contributed by atoms with van der Waals surface area (Å²) in [7, 11) is 1.81. The molecular formula is C21H17ClN6O. The van der Waals surface area contributed by atoms with Gasteiger partial charge in [-0.05, 0) is 42.3 Å². The number of aromatic nitrogens is 4. The number of nitrogens with one attached hydrogen (secondary N) is 1. The summed E-state index contributed by atoms with van der Waals surface area (Å²) in [6.45, 7) is 2.05. The van der Waals surface area contributed by atoms with Crippen molar-refractivity contribution in [1.29, 1.82) is 5.26 Å². The summed E-state index contributed by atoms with van der Waals surface area (Å²) >= 11 is 6.28. The lowest BCUT2D eigenvalue weighted by molar-refractivity contribution is 0.775. The van der Waals surface area contributed by atoms with Crippen molar-refractivity contribution in [2.24, 2.45) is 12.8 Å². The van der Waals surface area contributed by atoms with E-state index in [1.54, 1.807) is 29.1 Å². The van der Waals surface area contributed by atoms with Gasteiger partial charge in [-0.15, -0.1) is 0 Å². The number of aryl methyl sites for hydroxylation is 2. The van der Waals surface area contributed by atoms with E-state index in [9.17, 15) is 10.1 Å². The number of hydrogen-bond donors (Lipinski definition) is 2. The predicted molar refractivity (Wildman–Crippen MR) is 112 cm³/mol. The Labute approximate surface area is 171 Å². The summed E-state index contributed by atoms with van der Waals surface area (Å²) in [6, 6.07) is 11.3. The van der Waals surface area contributed by atoms with Crippen LogP contribution in [-0.4, -0.2) is 20.0 Å². The molecule has 4 aromatic rings. The van der Waals surface area contributed by atoms with Gasteiger partial charge >= 0.3 is 0 Å². The Bertz CT molecular complexity index is 1360. The first-order valence-electron chi connectivity index (χ1n) is 8.89. The van der Waals surface area contributed by atoms with Crippen molar-refractivity contribution in [1.82, 2.24) is 20.0 Å². The molecule has 4 rings (SSSR count). The van der Waals surface area contributed by atoms with Crippen LogP contribution in [0.15, 0.2) is 41.3 Å². The van der Waals surface area contributed by atoms with E-state index in [4.69, 9.17) is 17.3 Å². The lowest BCUT2D eigenvalue weighted by atomic mass is 9.94. The molecule has 144 valence electrons. The SMILES string of the molecule is Cc1cc(Cl)cc(-c2c(-c3ccc4c(=O)[nH]nc(CN)c4c3)cnn2C)c1C#N. The molecule has 0 fully saturated rings. The maximum atomic E-state index is 12.1. The Hall–Kier alpha value is -3.47. The smallest absolute Gasteiger partial charge is 0.272 e. The first-order chi connectivity index (χ1) is 13.9. The van der Waals surface area contributed by atoms with Gasteiger partial charge in [0.1, 0.15) is 6.07 Å². The summed E-state index contributed by atoms with van der Waals surface area (Å²) in [4.78, 5) is 12.1. The van der Waals surface area contributed by atoms with E-state index in [1.807, 2.05) is 26.1 Å². The number of H-pyrrole nitrogens is 1. The fraction of sp³-hybridized carbons (Fsp3) is 0.143. The number of hydrogen-bond acceptors (Lipinski definition) is 5. The van der Waals surface area contributed by atoms with Gasteiger partial charge in [-0.2, -0.15) is 15.5 Å². The van der Waals surface area contributed by atoms with Gasteiger partial charge in [-0.3, -0.25) is 9.48 Å². The largest absolute Gasteiger partial charge is 0.325 e. The minimum atomic E-state index is -0.271. The predicted octanol–water partition coefficient (Wildman–Crippen LogP) is 3.28. The molecule has 8 heteroatoms. The second kappa shape index (κ2) is 7.17. The Morgan fingerprint density at radius 1 is 1.24 bits per heavy atom. The first kappa shape index (κ1) is 18.9. The monoisotopic (exact) mass is 404 g/mol. The quantitative estimate of drug-likeness (QED) is 0.544. The Kier molecular flexibility index (Phi) is 4.66. The molecule has 0 bridgehead atoms. The van der Waals surface area contributed by atoms with Crippen LogP contribution in [0.25, 0.3) is 33.2 Å². The number of aromatic amines is 1. The van der Waals surface area contributed by atoms with E-state index >= 15 is 0 Å². The molecule has 0 atom stereocenters. The van der Waals surface area contributed by atoms with Crippen molar-refractivity contribution in [2.75, 3.05) is 0 Å². The van der Waals surface area contributed by atoms with Crippen molar-refractivity contribution >= 4 is 22.4 Å². The zero-order valence-electron chi connectivity index (χ0n) is 15.8. The molecule has 0 saturated heterocycles. The van der Waals surface area contributed by atoms with Crippen molar-refractivity contribution in [2.45, 2.75) is 13.5 Å². The molecule has 0 radical (unpaired) electrons. The molecule has 0 aliphatic rings. The Morgan fingerprint density at radius 3 is 2.76 bits per heavy atom. The van der Waals surface area contributed by atoms with E-state index in [0.717, 1.165) is 22.4 Å². The fourth-order valence-corrected chi connectivity index (χ4v) is 3.86. The molecule has 29 heavy (non-hydrogen) atoms. The lowest BCUT2D eigenvalue weighted by Crippen LogP contribution is -2.13. The standard InChI is InChI=1S/C21H17ClN6O/c1-11-5-13(22)7-16(17(11)8-23)20-18(10-25-28(20)2)12-3-4-14-15(6-12)19(9-24)26-27-21(14)29/h3-7,10H,9,24H2,1-2H3,(H,27,29). The van der Waals surface area contributed by atoms with Crippen molar-refractivity contribution in [3.8, 4) is 28.5 Å². The van der Waals surface area contributed by atoms with E-state index in [-0.39, 0.29) is 12.1 Å². The molecule has 0 saturated carbocycles. The van der Waals surface area contributed by atoms with Crippen LogP contribution in [0, 0.1) is 18.3 Å². The summed E-state index contributed by atoms with van der Waals surface area (Å²) in [5.74, 6) is 0. The van der Waals surface area contributed by atoms with Crippen LogP contribution in [0.3, 0.4) is 0 Å². The molecule has 0 unspecified atom stereocenters. The van der Waals surface area contributed by atoms with E-state index in [1.165, 1.54) is 0 Å². The topological polar surface area (TPSA) is 113 Å². The van der Waals surface area contributed by atoms with Crippen LogP contribution in [0.4, 0.5) is 0 Å². The van der Waals surface area contributed by atoms with Gasteiger partial charge < -0.3 is 5.73 Å². The van der Waals surface area contributed by atoms with Crippen LogP contribution >= 0.6 is 11.6 Å². The molecule has 2 heterocycles. The summed E-state index contributed by atoms with van der Waals surface area (Å²) in [6.07, 6.45) is 1.73. The number of nitriles is 1. The number of fused-ring (bicyclic) bond motifs is 1. The third-order valence-corrected chi connectivity index (χ3v) is 5.20. The molecule has 0 amide bonds. The molecular weight excluding hydrogens is 388 g/mol. The number of halogens is 1. The minimum absolute atomic E-state index is 0.197. The minimum Gasteiger partial charge on any atom is -0.325 e. The van der Waals surface area contributed by atoms with Gasteiger partial charge in [0.25, 0.3) is 5.56 Å². The number of benzene rings is 2. The molecule has 3 N–H and O–H groups in total. The highest BCUT2D eigenvalue weighted by molar-refractivity contribution is 6.31. The summed E-state index contributed by atoms with van der Waals surface area (Å²) in [5, 5.41) is 22.4. The Morgan fingerprint density at radius 2 is 2.03 bits per heavy atom. The van der Waals surface area contributed by atoms with Crippen molar-refractivity contribution in [3.63, 3.8) is 0 Å². The van der Waals surface area contributed by atoms with Gasteiger partial charge in [0.15, 0.2) is 0 Å². The highest BCUT2D eigenvalue weighted by Gasteiger charge is 2.19. The number of rotatable bonds is 3. The number of nitrogens with two attached hydrogens (primary N) is 1. The normalized spacial score (nSPS) is 11.0. The second-order valence-corrected chi connectivity index (χ2v) is 7.19. The van der Waals surface area contributed by atoms with Gasteiger partial charge in [0.2, 0.25) is 0 Å². The lowest BCUT2D eigenvalue weighted by Gasteiger charge is -2.12. The second-order valence-electron chi connectivity index (χ2n) is 6.75. The van der Waals surface area contributed by atoms with Crippen LogP contribution in [-0.2, 0) is 13.6 Å². The summed E-state index contributed by atoms with van der Waals surface area (Å²) in [5.41, 5.74) is 10.6. The summed E-state index contributed by atoms with van der Waals surface area (Å²) < 4.78 is 1.71. The maximum absolute atomic E-state index is 12.1. The fourth-order valence-electron chi connectivity index (χ4n) is 3.59. The van der Waals surface area contributed by atoms with Crippen LogP contribution in [0.5, 0.6) is 0 Å². The zero-order valence-corrected chi connectivity index (χ0v) is 16.6. The average molecular weight is 405 g/mol. The number of nitrogens with zero attached hydrogens (tertiary/aromatic N) is 4. The average Bonchev–Trinajstić information content (AvgIpc) is 3.09. The third-order valence-electron chi connectivity index (χ3n) is 4.98. The first-order valence-corrected chi connectivity index (χ1v) is 9.26. The van der Waals surface area contributed by atoms with Crippen molar-refractivity contribution in [3.05, 3.63) is 68.7 Å². The van der Waals surface area contributed by atoms with E-state index < -0.39 is 0 Å². The molecule has 0 spiro atoms. The van der Waals surface area contributed by atoms with Crippen molar-refractivity contribution < 1.29 is 0 Å². The van der Waals surface area contributed by atoms with Gasteiger partial charge in [-0.1, -0.05) is 17.7 Å². The highest BCUT2D eigenvalue weighted by atomic mass is 35.5. The molecule has 2 aromatic heterocycles. The third kappa shape index (κ3) is 3.09. The Balaban J connectivity index is 2.01. The maximum Gasteiger partial charge on any atom is 0.272 e. The molecule has 2 aromatic carbocycles. The van der Waals surface area contributed by atoms with Crippen LogP contribution in [0.2, 0.25) is 5.02 Å². The van der Waals surface area contributed by atoms with Crippen LogP contribution < -0.4 is 11.3 Å². The molecule has 0 aliphatic heterocycles.